The standard InChI is InChI=1S/C18H25N3/c1-12(2)10-14(4)19-17-11-15(5)20-18(21-17)16-8-6-13(3)7-9-16/h6-9,11-12,14H,10H2,1-5H3,(H,19,20,21). The highest BCUT2D eigenvalue weighted by Gasteiger charge is 2.09. The minimum Gasteiger partial charge on any atom is -0.367 e. The van der Waals surface area contributed by atoms with Gasteiger partial charge in [-0.05, 0) is 33.1 Å². The van der Waals surface area contributed by atoms with Crippen molar-refractivity contribution in [1.29, 1.82) is 0 Å². The summed E-state index contributed by atoms with van der Waals surface area (Å²) in [5.41, 5.74) is 3.29. The molecule has 21 heavy (non-hydrogen) atoms. The van der Waals surface area contributed by atoms with E-state index in [0.717, 1.165) is 29.3 Å². The lowest BCUT2D eigenvalue weighted by Crippen LogP contribution is -2.18. The van der Waals surface area contributed by atoms with E-state index in [0.29, 0.717) is 12.0 Å². The van der Waals surface area contributed by atoms with E-state index in [1.165, 1.54) is 5.56 Å². The molecular weight excluding hydrogens is 258 g/mol. The van der Waals surface area contributed by atoms with Gasteiger partial charge in [-0.25, -0.2) is 9.97 Å². The van der Waals surface area contributed by atoms with Crippen LogP contribution in [-0.2, 0) is 0 Å². The summed E-state index contributed by atoms with van der Waals surface area (Å²) in [7, 11) is 0. The van der Waals surface area contributed by atoms with Gasteiger partial charge in [0.05, 0.1) is 0 Å². The van der Waals surface area contributed by atoms with Crippen LogP contribution in [0.15, 0.2) is 30.3 Å². The highest BCUT2D eigenvalue weighted by Crippen LogP contribution is 2.19. The third kappa shape index (κ3) is 4.55. The Kier molecular flexibility index (Phi) is 4.94. The predicted octanol–water partition coefficient (Wildman–Crippen LogP) is 4.61. The Morgan fingerprint density at radius 1 is 1.00 bits per heavy atom. The number of nitrogens with zero attached hydrogens (tertiary/aromatic N) is 2. The molecule has 0 spiro atoms. The van der Waals surface area contributed by atoms with Crippen molar-refractivity contribution in [2.45, 2.75) is 47.1 Å². The Hall–Kier alpha value is -1.90. The number of anilines is 1. The van der Waals surface area contributed by atoms with E-state index >= 15 is 0 Å². The first kappa shape index (κ1) is 15.5. The summed E-state index contributed by atoms with van der Waals surface area (Å²) in [5, 5.41) is 3.48. The van der Waals surface area contributed by atoms with Crippen molar-refractivity contribution < 1.29 is 0 Å². The van der Waals surface area contributed by atoms with Gasteiger partial charge in [0.25, 0.3) is 0 Å². The molecule has 1 unspecified atom stereocenters. The third-order valence-electron chi connectivity index (χ3n) is 3.38. The topological polar surface area (TPSA) is 37.8 Å². The smallest absolute Gasteiger partial charge is 0.161 e. The van der Waals surface area contributed by atoms with Crippen LogP contribution in [-0.4, -0.2) is 16.0 Å². The van der Waals surface area contributed by atoms with E-state index in [1.54, 1.807) is 0 Å². The fourth-order valence-corrected chi connectivity index (χ4v) is 2.49. The SMILES string of the molecule is Cc1ccc(-c2nc(C)cc(NC(C)CC(C)C)n2)cc1. The van der Waals surface area contributed by atoms with Gasteiger partial charge in [0.1, 0.15) is 5.82 Å². The molecule has 0 aliphatic carbocycles. The molecule has 1 heterocycles. The van der Waals surface area contributed by atoms with Crippen LogP contribution in [0.4, 0.5) is 5.82 Å². The Bertz CT molecular complexity index is 588. The third-order valence-corrected chi connectivity index (χ3v) is 3.38. The van der Waals surface area contributed by atoms with Crippen LogP contribution >= 0.6 is 0 Å². The Morgan fingerprint density at radius 3 is 2.29 bits per heavy atom. The molecule has 0 saturated heterocycles. The molecule has 1 N–H and O–H groups in total. The first-order valence-corrected chi connectivity index (χ1v) is 7.63. The van der Waals surface area contributed by atoms with Crippen molar-refractivity contribution in [3.8, 4) is 11.4 Å². The molecule has 2 aromatic rings. The lowest BCUT2D eigenvalue weighted by molar-refractivity contribution is 0.539. The van der Waals surface area contributed by atoms with Crippen LogP contribution in [0.3, 0.4) is 0 Å². The number of aromatic nitrogens is 2. The first-order valence-electron chi connectivity index (χ1n) is 7.63. The predicted molar refractivity (Wildman–Crippen MR) is 89.5 cm³/mol. The minimum absolute atomic E-state index is 0.408. The van der Waals surface area contributed by atoms with Gasteiger partial charge >= 0.3 is 0 Å². The molecule has 1 atom stereocenters. The Morgan fingerprint density at radius 2 is 1.67 bits per heavy atom. The number of hydrogen-bond donors (Lipinski definition) is 1. The highest BCUT2D eigenvalue weighted by molar-refractivity contribution is 5.58. The van der Waals surface area contributed by atoms with Crippen molar-refractivity contribution in [1.82, 2.24) is 9.97 Å². The molecule has 3 heteroatoms. The van der Waals surface area contributed by atoms with Gasteiger partial charge in [0.2, 0.25) is 0 Å². The van der Waals surface area contributed by atoms with Gasteiger partial charge in [-0.3, -0.25) is 0 Å². The summed E-state index contributed by atoms with van der Waals surface area (Å²) >= 11 is 0. The van der Waals surface area contributed by atoms with Gasteiger partial charge in [-0.2, -0.15) is 0 Å². The van der Waals surface area contributed by atoms with Gasteiger partial charge < -0.3 is 5.32 Å². The summed E-state index contributed by atoms with van der Waals surface area (Å²) in [6.45, 7) is 10.8. The lowest BCUT2D eigenvalue weighted by atomic mass is 10.1. The van der Waals surface area contributed by atoms with Crippen molar-refractivity contribution >= 4 is 5.82 Å². The quantitative estimate of drug-likeness (QED) is 0.871. The summed E-state index contributed by atoms with van der Waals surface area (Å²) in [6.07, 6.45) is 1.13. The first-order chi connectivity index (χ1) is 9.94. The number of nitrogens with one attached hydrogen (secondary N) is 1. The molecule has 3 nitrogen and oxygen atoms in total. The van der Waals surface area contributed by atoms with E-state index in [2.05, 4.69) is 67.2 Å². The van der Waals surface area contributed by atoms with Gasteiger partial charge in [0.15, 0.2) is 5.82 Å². The van der Waals surface area contributed by atoms with Crippen LogP contribution in [0.1, 0.15) is 38.4 Å². The largest absolute Gasteiger partial charge is 0.367 e. The molecule has 0 bridgehead atoms. The fraction of sp³-hybridized carbons (Fsp3) is 0.444. The van der Waals surface area contributed by atoms with E-state index < -0.39 is 0 Å². The molecule has 112 valence electrons. The highest BCUT2D eigenvalue weighted by atomic mass is 15.0. The van der Waals surface area contributed by atoms with Crippen molar-refractivity contribution in [2.75, 3.05) is 5.32 Å². The minimum atomic E-state index is 0.408. The molecule has 0 radical (unpaired) electrons. The van der Waals surface area contributed by atoms with Crippen LogP contribution in [0.2, 0.25) is 0 Å². The van der Waals surface area contributed by atoms with Crippen LogP contribution in [0.5, 0.6) is 0 Å². The van der Waals surface area contributed by atoms with E-state index in [1.807, 2.05) is 13.0 Å². The maximum absolute atomic E-state index is 4.66. The second-order valence-electron chi connectivity index (χ2n) is 6.26. The Balaban J connectivity index is 2.23. The van der Waals surface area contributed by atoms with Crippen LogP contribution in [0, 0.1) is 19.8 Å². The summed E-state index contributed by atoms with van der Waals surface area (Å²) in [5.74, 6) is 2.37. The zero-order chi connectivity index (χ0) is 15.4. The maximum atomic E-state index is 4.66. The Labute approximate surface area is 127 Å². The van der Waals surface area contributed by atoms with Gasteiger partial charge in [0, 0.05) is 23.4 Å². The molecular formula is C18H25N3. The number of hydrogen-bond acceptors (Lipinski definition) is 3. The van der Waals surface area contributed by atoms with E-state index in [9.17, 15) is 0 Å². The van der Waals surface area contributed by atoms with Crippen LogP contribution < -0.4 is 5.32 Å². The van der Waals surface area contributed by atoms with Crippen molar-refractivity contribution in [3.63, 3.8) is 0 Å². The monoisotopic (exact) mass is 283 g/mol. The normalized spacial score (nSPS) is 12.5. The zero-order valence-electron chi connectivity index (χ0n) is 13.6. The molecule has 0 saturated carbocycles. The second kappa shape index (κ2) is 6.70. The average Bonchev–Trinajstić information content (AvgIpc) is 2.37. The van der Waals surface area contributed by atoms with Crippen molar-refractivity contribution in [2.24, 2.45) is 5.92 Å². The number of benzene rings is 1. The number of rotatable bonds is 5. The lowest BCUT2D eigenvalue weighted by Gasteiger charge is -2.17. The molecule has 0 fully saturated rings. The summed E-state index contributed by atoms with van der Waals surface area (Å²) in [4.78, 5) is 9.21. The second-order valence-corrected chi connectivity index (χ2v) is 6.26. The maximum Gasteiger partial charge on any atom is 0.161 e. The van der Waals surface area contributed by atoms with E-state index in [4.69, 9.17) is 0 Å². The van der Waals surface area contributed by atoms with Crippen LogP contribution in [0.25, 0.3) is 11.4 Å². The summed E-state index contributed by atoms with van der Waals surface area (Å²) < 4.78 is 0. The molecule has 0 amide bonds. The molecule has 1 aromatic carbocycles. The number of aryl methyl sites for hydroxylation is 2. The zero-order valence-corrected chi connectivity index (χ0v) is 13.6. The average molecular weight is 283 g/mol. The molecule has 2 rings (SSSR count). The fourth-order valence-electron chi connectivity index (χ4n) is 2.49. The summed E-state index contributed by atoms with van der Waals surface area (Å²) in [6, 6.07) is 10.8. The molecule has 0 aliphatic rings. The van der Waals surface area contributed by atoms with Crippen molar-refractivity contribution in [3.05, 3.63) is 41.6 Å². The molecule has 1 aromatic heterocycles. The van der Waals surface area contributed by atoms with Gasteiger partial charge in [-0.1, -0.05) is 43.7 Å². The molecule has 0 aliphatic heterocycles. The van der Waals surface area contributed by atoms with E-state index in [-0.39, 0.29) is 0 Å². The van der Waals surface area contributed by atoms with Gasteiger partial charge in [-0.15, -0.1) is 0 Å².